The van der Waals surface area contributed by atoms with Gasteiger partial charge in [0.2, 0.25) is 10.0 Å². The highest BCUT2D eigenvalue weighted by atomic mass is 32.2. The molecule has 2 rings (SSSR count). The smallest absolute Gasteiger partial charge is 0.208 e. The van der Waals surface area contributed by atoms with Gasteiger partial charge in [-0.1, -0.05) is 13.8 Å². The number of fused-ring (bicyclic) bond motifs is 1. The number of anilines is 1. The fourth-order valence-electron chi connectivity index (χ4n) is 1.74. The molecule has 0 aliphatic carbocycles. The average Bonchev–Trinajstić information content (AvgIpc) is 2.78. The molecule has 0 saturated carbocycles. The van der Waals surface area contributed by atoms with Crippen LogP contribution in [0.4, 0.5) is 5.82 Å². The van der Waals surface area contributed by atoms with Crippen molar-refractivity contribution < 1.29 is 8.42 Å². The number of aromatic nitrogens is 4. The summed E-state index contributed by atoms with van der Waals surface area (Å²) >= 11 is 0. The van der Waals surface area contributed by atoms with E-state index in [1.54, 1.807) is 4.52 Å². The Balaban J connectivity index is 2.11. The molecule has 0 unspecified atom stereocenters. The van der Waals surface area contributed by atoms with Crippen molar-refractivity contribution >= 4 is 21.5 Å². The summed E-state index contributed by atoms with van der Waals surface area (Å²) in [5.41, 5.74) is 0.638. The van der Waals surface area contributed by atoms with E-state index < -0.39 is 10.0 Å². The first-order valence-corrected chi connectivity index (χ1v) is 8.64. The molecule has 2 aromatic heterocycles. The normalized spacial score (nSPS) is 12.2. The van der Waals surface area contributed by atoms with E-state index in [1.165, 1.54) is 0 Å². The second-order valence-corrected chi connectivity index (χ2v) is 7.13. The minimum absolute atomic E-state index is 0.269. The third-order valence-corrected chi connectivity index (χ3v) is 3.46. The molecule has 8 nitrogen and oxygen atoms in total. The molecule has 0 bridgehead atoms. The Kier molecular flexibility index (Phi) is 4.73. The molecule has 0 saturated heterocycles. The molecule has 0 atom stereocenters. The Hall–Kier alpha value is -1.74. The highest BCUT2D eigenvalue weighted by Gasteiger charge is 2.09. The molecule has 0 amide bonds. The number of nitrogens with zero attached hydrogens (tertiary/aromatic N) is 4. The van der Waals surface area contributed by atoms with Gasteiger partial charge in [-0.2, -0.15) is 4.52 Å². The fourth-order valence-corrected chi connectivity index (χ4v) is 2.21. The van der Waals surface area contributed by atoms with Crippen LogP contribution in [-0.4, -0.2) is 47.6 Å². The van der Waals surface area contributed by atoms with E-state index in [4.69, 9.17) is 0 Å². The first-order valence-electron chi connectivity index (χ1n) is 6.75. The van der Waals surface area contributed by atoms with Crippen LogP contribution in [0.3, 0.4) is 0 Å². The lowest BCUT2D eigenvalue weighted by Crippen LogP contribution is -2.25. The van der Waals surface area contributed by atoms with Crippen molar-refractivity contribution in [1.29, 1.82) is 0 Å². The highest BCUT2D eigenvalue weighted by Crippen LogP contribution is 2.08. The van der Waals surface area contributed by atoms with Gasteiger partial charge in [0.05, 0.1) is 6.26 Å². The van der Waals surface area contributed by atoms with E-state index in [2.05, 4.69) is 39.2 Å². The van der Waals surface area contributed by atoms with Crippen LogP contribution in [0.2, 0.25) is 0 Å². The van der Waals surface area contributed by atoms with Crippen molar-refractivity contribution in [2.45, 2.75) is 20.3 Å². The summed E-state index contributed by atoms with van der Waals surface area (Å²) in [4.78, 5) is 0. The lowest BCUT2D eigenvalue weighted by atomic mass is 10.2. The van der Waals surface area contributed by atoms with Crippen molar-refractivity contribution in [3.63, 3.8) is 0 Å². The van der Waals surface area contributed by atoms with Crippen LogP contribution in [0.5, 0.6) is 0 Å². The fraction of sp³-hybridized carbons (Fsp3) is 0.583. The number of sulfonamides is 1. The van der Waals surface area contributed by atoms with Gasteiger partial charge in [-0.15, -0.1) is 15.3 Å². The summed E-state index contributed by atoms with van der Waals surface area (Å²) < 4.78 is 26.2. The zero-order chi connectivity index (χ0) is 15.5. The van der Waals surface area contributed by atoms with Crippen LogP contribution >= 0.6 is 0 Å². The molecule has 2 heterocycles. The third-order valence-electron chi connectivity index (χ3n) is 2.73. The second-order valence-electron chi connectivity index (χ2n) is 5.30. The number of rotatable bonds is 7. The maximum Gasteiger partial charge on any atom is 0.208 e. The number of nitrogens with one attached hydrogen (secondary N) is 2. The van der Waals surface area contributed by atoms with Gasteiger partial charge in [0.25, 0.3) is 0 Å². The summed E-state index contributed by atoms with van der Waals surface area (Å²) in [5, 5.41) is 15.7. The summed E-state index contributed by atoms with van der Waals surface area (Å²) in [6, 6.07) is 3.68. The maximum atomic E-state index is 11.0. The molecule has 9 heteroatoms. The van der Waals surface area contributed by atoms with E-state index in [0.717, 1.165) is 18.6 Å². The lowest BCUT2D eigenvalue weighted by molar-refractivity contribution is 0.586. The maximum absolute atomic E-state index is 11.0. The topological polar surface area (TPSA) is 101 Å². The first kappa shape index (κ1) is 15.6. The van der Waals surface area contributed by atoms with Crippen LogP contribution in [0.25, 0.3) is 5.65 Å². The van der Waals surface area contributed by atoms with Gasteiger partial charge in [0.1, 0.15) is 5.82 Å². The summed E-state index contributed by atoms with van der Waals surface area (Å²) in [7, 11) is -3.20. The Labute approximate surface area is 124 Å². The van der Waals surface area contributed by atoms with Crippen LogP contribution in [0.15, 0.2) is 12.1 Å². The molecule has 0 spiro atoms. The summed E-state index contributed by atoms with van der Waals surface area (Å²) in [6.45, 7) is 5.33. The number of hydrogen-bond donors (Lipinski definition) is 2. The third kappa shape index (κ3) is 4.64. The zero-order valence-electron chi connectivity index (χ0n) is 12.4. The molecule has 21 heavy (non-hydrogen) atoms. The van der Waals surface area contributed by atoms with Crippen molar-refractivity contribution in [2.75, 3.05) is 24.7 Å². The van der Waals surface area contributed by atoms with E-state index >= 15 is 0 Å². The minimum Gasteiger partial charge on any atom is -0.368 e. The molecule has 2 aromatic rings. The van der Waals surface area contributed by atoms with E-state index in [1.807, 2.05) is 12.1 Å². The Morgan fingerprint density at radius 2 is 2.05 bits per heavy atom. The van der Waals surface area contributed by atoms with E-state index in [0.29, 0.717) is 23.8 Å². The van der Waals surface area contributed by atoms with Crippen LogP contribution in [0.1, 0.15) is 19.7 Å². The van der Waals surface area contributed by atoms with Crippen molar-refractivity contribution in [2.24, 2.45) is 5.92 Å². The molecule has 0 aliphatic rings. The number of hydrogen-bond acceptors (Lipinski definition) is 6. The SMILES string of the molecule is CC(C)CNc1ccc2nnc(CCNS(C)(=O)=O)n2n1. The molecular formula is C12H20N6O2S. The van der Waals surface area contributed by atoms with Gasteiger partial charge in [-0.3, -0.25) is 0 Å². The average molecular weight is 312 g/mol. The van der Waals surface area contributed by atoms with Gasteiger partial charge < -0.3 is 5.32 Å². The van der Waals surface area contributed by atoms with E-state index in [9.17, 15) is 8.42 Å². The van der Waals surface area contributed by atoms with E-state index in [-0.39, 0.29) is 6.54 Å². The van der Waals surface area contributed by atoms with Crippen molar-refractivity contribution in [3.8, 4) is 0 Å². The predicted molar refractivity (Wildman–Crippen MR) is 80.7 cm³/mol. The van der Waals surface area contributed by atoms with Gasteiger partial charge in [0.15, 0.2) is 11.5 Å². The Bertz CT molecular complexity index is 710. The summed E-state index contributed by atoms with van der Waals surface area (Å²) in [6.07, 6.45) is 1.55. The largest absolute Gasteiger partial charge is 0.368 e. The second kappa shape index (κ2) is 6.35. The Morgan fingerprint density at radius 1 is 1.29 bits per heavy atom. The molecular weight excluding hydrogens is 292 g/mol. The highest BCUT2D eigenvalue weighted by molar-refractivity contribution is 7.88. The molecule has 0 aromatic carbocycles. The molecule has 116 valence electrons. The minimum atomic E-state index is -3.20. The van der Waals surface area contributed by atoms with Crippen LogP contribution < -0.4 is 10.0 Å². The molecule has 0 radical (unpaired) electrons. The monoisotopic (exact) mass is 312 g/mol. The van der Waals surface area contributed by atoms with Crippen LogP contribution in [-0.2, 0) is 16.4 Å². The van der Waals surface area contributed by atoms with Crippen molar-refractivity contribution in [3.05, 3.63) is 18.0 Å². The standard InChI is InChI=1S/C12H20N6O2S/c1-9(2)8-13-10-4-5-11-15-16-12(18(11)17-10)6-7-14-21(3,19)20/h4-5,9,14H,6-8H2,1-3H3,(H,13,17). The first-order chi connectivity index (χ1) is 9.85. The quantitative estimate of drug-likeness (QED) is 0.762. The van der Waals surface area contributed by atoms with Gasteiger partial charge in [0, 0.05) is 19.5 Å². The van der Waals surface area contributed by atoms with Gasteiger partial charge >= 0.3 is 0 Å². The molecule has 0 aliphatic heterocycles. The van der Waals surface area contributed by atoms with Gasteiger partial charge in [-0.25, -0.2) is 13.1 Å². The Morgan fingerprint density at radius 3 is 2.71 bits per heavy atom. The lowest BCUT2D eigenvalue weighted by Gasteiger charge is -2.08. The predicted octanol–water partition coefficient (Wildman–Crippen LogP) is 0.284. The van der Waals surface area contributed by atoms with Crippen molar-refractivity contribution in [1.82, 2.24) is 24.5 Å². The summed E-state index contributed by atoms with van der Waals surface area (Å²) in [5.74, 6) is 1.88. The van der Waals surface area contributed by atoms with Gasteiger partial charge in [-0.05, 0) is 18.1 Å². The molecule has 0 fully saturated rings. The van der Waals surface area contributed by atoms with Crippen LogP contribution in [0, 0.1) is 5.92 Å². The zero-order valence-corrected chi connectivity index (χ0v) is 13.2. The molecule has 2 N–H and O–H groups in total.